The van der Waals surface area contributed by atoms with Crippen molar-refractivity contribution in [3.8, 4) is 5.75 Å². The van der Waals surface area contributed by atoms with E-state index < -0.39 is 51.4 Å². The standard InChI is InChI=1S/C16H23BF3NO5S/c1-10(2)21-27(22,23)13-8-7-11(9-12(13)24-16(18,19)20)17-25-14(3,4)15(5,6)26-17/h7-10,21H,1-6H3. The van der Waals surface area contributed by atoms with E-state index in [-0.39, 0.29) is 5.46 Å². The van der Waals surface area contributed by atoms with E-state index in [1.54, 1.807) is 41.5 Å². The second-order valence-electron chi connectivity index (χ2n) is 7.62. The molecule has 1 N–H and O–H groups in total. The number of nitrogens with one attached hydrogen (secondary N) is 1. The minimum Gasteiger partial charge on any atom is -0.404 e. The van der Waals surface area contributed by atoms with Gasteiger partial charge in [-0.3, -0.25) is 0 Å². The fourth-order valence-corrected chi connectivity index (χ4v) is 3.81. The third kappa shape index (κ3) is 4.95. The lowest BCUT2D eigenvalue weighted by molar-refractivity contribution is -0.275. The number of sulfonamides is 1. The zero-order valence-corrected chi connectivity index (χ0v) is 16.8. The van der Waals surface area contributed by atoms with Crippen LogP contribution in [0.1, 0.15) is 41.5 Å². The van der Waals surface area contributed by atoms with Gasteiger partial charge in [-0.05, 0) is 59.1 Å². The Hall–Kier alpha value is -1.30. The van der Waals surface area contributed by atoms with Gasteiger partial charge in [-0.25, -0.2) is 13.1 Å². The molecule has 11 heteroatoms. The van der Waals surface area contributed by atoms with Crippen molar-refractivity contribution < 1.29 is 35.6 Å². The summed E-state index contributed by atoms with van der Waals surface area (Å²) >= 11 is 0. The summed E-state index contributed by atoms with van der Waals surface area (Å²) in [6.07, 6.45) is -5.06. The fraction of sp³-hybridized carbons (Fsp3) is 0.625. The van der Waals surface area contributed by atoms with Crippen LogP contribution in [0.5, 0.6) is 5.75 Å². The van der Waals surface area contributed by atoms with E-state index in [1.165, 1.54) is 6.07 Å². The monoisotopic (exact) mass is 409 g/mol. The second kappa shape index (κ2) is 6.95. The van der Waals surface area contributed by atoms with E-state index in [0.717, 1.165) is 12.1 Å². The van der Waals surface area contributed by atoms with Gasteiger partial charge in [0.25, 0.3) is 0 Å². The maximum atomic E-state index is 12.8. The van der Waals surface area contributed by atoms with Crippen LogP contribution in [0, 0.1) is 0 Å². The van der Waals surface area contributed by atoms with Crippen LogP contribution in [0.3, 0.4) is 0 Å². The molecule has 6 nitrogen and oxygen atoms in total. The number of ether oxygens (including phenoxy) is 1. The Kier molecular flexibility index (Phi) is 5.66. The molecule has 1 saturated heterocycles. The molecule has 0 spiro atoms. The van der Waals surface area contributed by atoms with Gasteiger partial charge in [0.15, 0.2) is 0 Å². The van der Waals surface area contributed by atoms with Crippen molar-refractivity contribution in [3.63, 3.8) is 0 Å². The molecule has 1 fully saturated rings. The Labute approximate surface area is 157 Å². The van der Waals surface area contributed by atoms with Crippen LogP contribution in [0.2, 0.25) is 0 Å². The highest BCUT2D eigenvalue weighted by molar-refractivity contribution is 7.89. The van der Waals surface area contributed by atoms with E-state index in [9.17, 15) is 21.6 Å². The van der Waals surface area contributed by atoms with Crippen molar-refractivity contribution in [3.05, 3.63) is 18.2 Å². The van der Waals surface area contributed by atoms with Gasteiger partial charge in [-0.15, -0.1) is 13.2 Å². The first-order valence-corrected chi connectivity index (χ1v) is 9.80. The Morgan fingerprint density at radius 3 is 2.07 bits per heavy atom. The number of alkyl halides is 3. The Bertz CT molecular complexity index is 793. The number of hydrogen-bond acceptors (Lipinski definition) is 5. The highest BCUT2D eigenvalue weighted by Crippen LogP contribution is 2.37. The summed E-state index contributed by atoms with van der Waals surface area (Å²) in [6, 6.07) is 2.87. The van der Waals surface area contributed by atoms with Crippen molar-refractivity contribution in [2.24, 2.45) is 0 Å². The van der Waals surface area contributed by atoms with Crippen LogP contribution in [0.4, 0.5) is 13.2 Å². The molecule has 0 radical (unpaired) electrons. The van der Waals surface area contributed by atoms with E-state index in [4.69, 9.17) is 9.31 Å². The summed E-state index contributed by atoms with van der Waals surface area (Å²) < 4.78 is 81.0. The van der Waals surface area contributed by atoms with E-state index in [0.29, 0.717) is 0 Å². The lowest BCUT2D eigenvalue weighted by Gasteiger charge is -2.32. The molecule has 0 unspecified atom stereocenters. The zero-order valence-electron chi connectivity index (χ0n) is 16.0. The van der Waals surface area contributed by atoms with Crippen LogP contribution in [-0.4, -0.2) is 39.1 Å². The van der Waals surface area contributed by atoms with Gasteiger partial charge in [-0.1, -0.05) is 6.07 Å². The smallest absolute Gasteiger partial charge is 0.404 e. The van der Waals surface area contributed by atoms with E-state index >= 15 is 0 Å². The van der Waals surface area contributed by atoms with Gasteiger partial charge >= 0.3 is 13.5 Å². The highest BCUT2D eigenvalue weighted by Gasteiger charge is 2.52. The number of halogens is 3. The maximum Gasteiger partial charge on any atom is 0.573 e. The molecular weight excluding hydrogens is 386 g/mol. The van der Waals surface area contributed by atoms with Gasteiger partial charge in [0.05, 0.1) is 11.2 Å². The first-order chi connectivity index (χ1) is 12.0. The van der Waals surface area contributed by atoms with Crippen LogP contribution < -0.4 is 14.9 Å². The average Bonchev–Trinajstić information content (AvgIpc) is 2.63. The largest absolute Gasteiger partial charge is 0.573 e. The van der Waals surface area contributed by atoms with Crippen molar-refractivity contribution in [1.82, 2.24) is 4.72 Å². The van der Waals surface area contributed by atoms with Gasteiger partial charge in [-0.2, -0.15) is 0 Å². The minimum atomic E-state index is -5.06. The SMILES string of the molecule is CC(C)NS(=O)(=O)c1ccc(B2OC(C)(C)C(C)(C)O2)cc1OC(F)(F)F. The number of hydrogen-bond donors (Lipinski definition) is 1. The Morgan fingerprint density at radius 1 is 1.11 bits per heavy atom. The molecule has 0 aliphatic carbocycles. The maximum absolute atomic E-state index is 12.8. The molecule has 1 aliphatic heterocycles. The first kappa shape index (κ1) is 22.0. The van der Waals surface area contributed by atoms with Crippen molar-refractivity contribution in [2.75, 3.05) is 0 Å². The molecule has 0 atom stereocenters. The summed E-state index contributed by atoms with van der Waals surface area (Å²) in [5.41, 5.74) is -1.18. The molecule has 27 heavy (non-hydrogen) atoms. The van der Waals surface area contributed by atoms with Crippen LogP contribution in [0.15, 0.2) is 23.1 Å². The topological polar surface area (TPSA) is 73.9 Å². The lowest BCUT2D eigenvalue weighted by atomic mass is 9.79. The second-order valence-corrected chi connectivity index (χ2v) is 9.30. The summed E-state index contributed by atoms with van der Waals surface area (Å²) in [7, 11) is -5.16. The molecule has 0 aromatic heterocycles. The van der Waals surface area contributed by atoms with Crippen molar-refractivity contribution in [2.45, 2.75) is 70.0 Å². The average molecular weight is 409 g/mol. The van der Waals surface area contributed by atoms with Crippen molar-refractivity contribution >= 4 is 22.6 Å². The molecule has 1 aromatic rings. The van der Waals surface area contributed by atoms with Crippen LogP contribution >= 0.6 is 0 Å². The summed E-state index contributed by atoms with van der Waals surface area (Å²) in [4.78, 5) is -0.617. The molecule has 0 amide bonds. The van der Waals surface area contributed by atoms with Gasteiger partial charge in [0.2, 0.25) is 10.0 Å². The van der Waals surface area contributed by atoms with Gasteiger partial charge < -0.3 is 14.0 Å². The van der Waals surface area contributed by atoms with Gasteiger partial charge in [0, 0.05) is 6.04 Å². The molecule has 152 valence electrons. The van der Waals surface area contributed by atoms with E-state index in [1.807, 2.05) is 0 Å². The molecule has 1 aromatic carbocycles. The van der Waals surface area contributed by atoms with Crippen molar-refractivity contribution in [1.29, 1.82) is 0 Å². The predicted octanol–water partition coefficient (Wildman–Crippen LogP) is 2.57. The van der Waals surface area contributed by atoms with E-state index in [2.05, 4.69) is 9.46 Å². The highest BCUT2D eigenvalue weighted by atomic mass is 32.2. The zero-order chi connectivity index (χ0) is 20.8. The Balaban J connectivity index is 2.48. The summed E-state index contributed by atoms with van der Waals surface area (Å²) in [5.74, 6) is -0.845. The summed E-state index contributed by atoms with van der Waals surface area (Å²) in [5, 5.41) is 0. The molecule has 2 rings (SSSR count). The fourth-order valence-electron chi connectivity index (χ4n) is 2.45. The Morgan fingerprint density at radius 2 is 1.63 bits per heavy atom. The predicted molar refractivity (Wildman–Crippen MR) is 94.3 cm³/mol. The number of rotatable bonds is 5. The van der Waals surface area contributed by atoms with Crippen LogP contribution in [-0.2, 0) is 19.3 Å². The molecule has 1 heterocycles. The van der Waals surface area contributed by atoms with Crippen LogP contribution in [0.25, 0.3) is 0 Å². The first-order valence-electron chi connectivity index (χ1n) is 8.32. The quantitative estimate of drug-likeness (QED) is 0.757. The molecule has 1 aliphatic rings. The molecule has 0 bridgehead atoms. The normalized spacial score (nSPS) is 19.6. The summed E-state index contributed by atoms with van der Waals surface area (Å²) in [6.45, 7) is 10.3. The minimum absolute atomic E-state index is 0.219. The third-order valence-electron chi connectivity index (χ3n) is 4.40. The lowest BCUT2D eigenvalue weighted by Crippen LogP contribution is -2.41. The van der Waals surface area contributed by atoms with Gasteiger partial charge in [0.1, 0.15) is 10.6 Å². The third-order valence-corrected chi connectivity index (χ3v) is 6.10. The number of benzene rings is 1. The molecular formula is C16H23BF3NO5S. The molecule has 0 saturated carbocycles.